The van der Waals surface area contributed by atoms with Crippen LogP contribution in [0.1, 0.15) is 6.92 Å². The molecule has 0 bridgehead atoms. The standard InChI is InChI=1S/C10H19F3N2O2/c1-8(7-15-2-4-17-5-3-15)14-6-9(16)10(11,12)13/h8-9,14,16H,2-7H2,1H3. The molecule has 0 aromatic rings. The first-order chi connectivity index (χ1) is 7.89. The fraction of sp³-hybridized carbons (Fsp3) is 1.00. The number of rotatable bonds is 5. The Labute approximate surface area is 98.7 Å². The molecule has 1 rings (SSSR count). The van der Waals surface area contributed by atoms with Crippen molar-refractivity contribution in [2.24, 2.45) is 0 Å². The molecule has 1 fully saturated rings. The summed E-state index contributed by atoms with van der Waals surface area (Å²) in [6, 6.07) is -0.0925. The number of hydrogen-bond donors (Lipinski definition) is 2. The monoisotopic (exact) mass is 256 g/mol. The Morgan fingerprint density at radius 1 is 1.35 bits per heavy atom. The third-order valence-electron chi connectivity index (χ3n) is 2.67. The molecule has 0 aliphatic carbocycles. The van der Waals surface area contributed by atoms with Gasteiger partial charge in [-0.15, -0.1) is 0 Å². The van der Waals surface area contributed by atoms with E-state index < -0.39 is 18.8 Å². The minimum atomic E-state index is -4.55. The zero-order valence-electron chi connectivity index (χ0n) is 9.83. The first kappa shape index (κ1) is 14.7. The molecule has 2 atom stereocenters. The average molecular weight is 256 g/mol. The number of aliphatic hydroxyl groups is 1. The van der Waals surface area contributed by atoms with Crippen molar-refractivity contribution < 1.29 is 23.0 Å². The fourth-order valence-corrected chi connectivity index (χ4v) is 1.66. The molecule has 17 heavy (non-hydrogen) atoms. The summed E-state index contributed by atoms with van der Waals surface area (Å²) in [5, 5.41) is 11.5. The van der Waals surface area contributed by atoms with E-state index in [0.29, 0.717) is 19.8 Å². The lowest BCUT2D eigenvalue weighted by Gasteiger charge is -2.29. The zero-order valence-corrected chi connectivity index (χ0v) is 9.83. The number of aliphatic hydroxyl groups excluding tert-OH is 1. The van der Waals surface area contributed by atoms with E-state index in [2.05, 4.69) is 10.2 Å². The first-order valence-electron chi connectivity index (χ1n) is 5.68. The number of hydrogen-bond acceptors (Lipinski definition) is 4. The second-order valence-electron chi connectivity index (χ2n) is 4.28. The maximum Gasteiger partial charge on any atom is 0.415 e. The zero-order chi connectivity index (χ0) is 12.9. The fourth-order valence-electron chi connectivity index (χ4n) is 1.66. The van der Waals surface area contributed by atoms with Crippen LogP contribution in [0.3, 0.4) is 0 Å². The number of morpholine rings is 1. The molecule has 1 heterocycles. The Balaban J connectivity index is 2.18. The smallest absolute Gasteiger partial charge is 0.382 e. The van der Waals surface area contributed by atoms with Crippen LogP contribution >= 0.6 is 0 Å². The molecule has 0 aromatic heterocycles. The summed E-state index contributed by atoms with van der Waals surface area (Å²) in [7, 11) is 0. The molecule has 1 aliphatic rings. The Morgan fingerprint density at radius 2 is 1.94 bits per heavy atom. The lowest BCUT2D eigenvalue weighted by atomic mass is 10.2. The van der Waals surface area contributed by atoms with Crippen LogP contribution in [0, 0.1) is 0 Å². The van der Waals surface area contributed by atoms with Gasteiger partial charge in [-0.05, 0) is 6.92 Å². The highest BCUT2D eigenvalue weighted by Crippen LogP contribution is 2.19. The average Bonchev–Trinajstić information content (AvgIpc) is 2.26. The number of nitrogens with zero attached hydrogens (tertiary/aromatic N) is 1. The number of halogens is 3. The molecule has 1 saturated heterocycles. The molecule has 1 aliphatic heterocycles. The predicted octanol–water partition coefficient (Wildman–Crippen LogP) is 0.220. The quantitative estimate of drug-likeness (QED) is 0.738. The third kappa shape index (κ3) is 5.67. The molecule has 2 N–H and O–H groups in total. The summed E-state index contributed by atoms with van der Waals surface area (Å²) in [6.07, 6.45) is -6.85. The van der Waals surface area contributed by atoms with E-state index in [9.17, 15) is 13.2 Å². The lowest BCUT2D eigenvalue weighted by Crippen LogP contribution is -2.47. The Bertz CT molecular complexity index is 220. The Morgan fingerprint density at radius 3 is 2.47 bits per heavy atom. The molecule has 0 aromatic carbocycles. The highest BCUT2D eigenvalue weighted by molar-refractivity contribution is 4.74. The van der Waals surface area contributed by atoms with Crippen molar-refractivity contribution in [2.45, 2.75) is 25.2 Å². The van der Waals surface area contributed by atoms with E-state index in [1.54, 1.807) is 6.92 Å². The van der Waals surface area contributed by atoms with Crippen LogP contribution in [0.4, 0.5) is 13.2 Å². The maximum absolute atomic E-state index is 12.0. The molecule has 4 nitrogen and oxygen atoms in total. The van der Waals surface area contributed by atoms with E-state index in [4.69, 9.17) is 9.84 Å². The van der Waals surface area contributed by atoms with Gasteiger partial charge >= 0.3 is 6.18 Å². The van der Waals surface area contributed by atoms with Gasteiger partial charge in [-0.25, -0.2) is 0 Å². The van der Waals surface area contributed by atoms with E-state index in [1.165, 1.54) is 0 Å². The Hall–Kier alpha value is -0.370. The van der Waals surface area contributed by atoms with E-state index >= 15 is 0 Å². The molecule has 0 radical (unpaired) electrons. The van der Waals surface area contributed by atoms with Crippen molar-refractivity contribution in [3.8, 4) is 0 Å². The summed E-state index contributed by atoms with van der Waals surface area (Å²) in [5.74, 6) is 0. The normalized spacial score (nSPS) is 22.4. The molecule has 0 amide bonds. The minimum absolute atomic E-state index is 0.0925. The van der Waals surface area contributed by atoms with Crippen LogP contribution in [0.25, 0.3) is 0 Å². The van der Waals surface area contributed by atoms with Crippen LogP contribution in [-0.4, -0.2) is 67.7 Å². The Kier molecular flexibility index (Phi) is 5.64. The summed E-state index contributed by atoms with van der Waals surface area (Å²) in [4.78, 5) is 2.13. The van der Waals surface area contributed by atoms with Crippen LogP contribution in [0.15, 0.2) is 0 Å². The van der Waals surface area contributed by atoms with Crippen molar-refractivity contribution in [1.29, 1.82) is 0 Å². The van der Waals surface area contributed by atoms with Gasteiger partial charge in [0, 0.05) is 32.2 Å². The molecule has 0 saturated carbocycles. The highest BCUT2D eigenvalue weighted by atomic mass is 19.4. The van der Waals surface area contributed by atoms with Crippen LogP contribution in [-0.2, 0) is 4.74 Å². The van der Waals surface area contributed by atoms with Gasteiger partial charge in [0.1, 0.15) is 0 Å². The molecule has 102 valence electrons. The molecule has 0 spiro atoms. The second-order valence-corrected chi connectivity index (χ2v) is 4.28. The highest BCUT2D eigenvalue weighted by Gasteiger charge is 2.37. The largest absolute Gasteiger partial charge is 0.415 e. The number of alkyl halides is 3. The van der Waals surface area contributed by atoms with Gasteiger partial charge in [0.2, 0.25) is 0 Å². The first-order valence-corrected chi connectivity index (χ1v) is 5.68. The van der Waals surface area contributed by atoms with E-state index in [-0.39, 0.29) is 6.04 Å². The maximum atomic E-state index is 12.0. The van der Waals surface area contributed by atoms with Crippen molar-refractivity contribution in [3.05, 3.63) is 0 Å². The summed E-state index contributed by atoms with van der Waals surface area (Å²) in [6.45, 7) is 4.93. The third-order valence-corrected chi connectivity index (χ3v) is 2.67. The molecular formula is C10H19F3N2O2. The van der Waals surface area contributed by atoms with Gasteiger partial charge in [0.25, 0.3) is 0 Å². The van der Waals surface area contributed by atoms with Crippen LogP contribution in [0.2, 0.25) is 0 Å². The van der Waals surface area contributed by atoms with Crippen LogP contribution < -0.4 is 5.32 Å². The van der Waals surface area contributed by atoms with Gasteiger partial charge < -0.3 is 15.2 Å². The van der Waals surface area contributed by atoms with Gasteiger partial charge in [0.05, 0.1) is 13.2 Å². The van der Waals surface area contributed by atoms with E-state index in [1.807, 2.05) is 0 Å². The summed E-state index contributed by atoms with van der Waals surface area (Å²) >= 11 is 0. The lowest BCUT2D eigenvalue weighted by molar-refractivity contribution is -0.202. The van der Waals surface area contributed by atoms with Crippen molar-refractivity contribution >= 4 is 0 Å². The topological polar surface area (TPSA) is 44.7 Å². The van der Waals surface area contributed by atoms with Gasteiger partial charge in [0.15, 0.2) is 6.10 Å². The second kappa shape index (κ2) is 6.53. The molecule has 7 heteroatoms. The predicted molar refractivity (Wildman–Crippen MR) is 56.8 cm³/mol. The van der Waals surface area contributed by atoms with Crippen LogP contribution in [0.5, 0.6) is 0 Å². The van der Waals surface area contributed by atoms with Gasteiger partial charge in [-0.2, -0.15) is 13.2 Å². The van der Waals surface area contributed by atoms with Crippen molar-refractivity contribution in [1.82, 2.24) is 10.2 Å². The van der Waals surface area contributed by atoms with Gasteiger partial charge in [-0.1, -0.05) is 0 Å². The van der Waals surface area contributed by atoms with E-state index in [0.717, 1.165) is 13.1 Å². The molecule has 2 unspecified atom stereocenters. The van der Waals surface area contributed by atoms with Gasteiger partial charge in [-0.3, -0.25) is 4.90 Å². The minimum Gasteiger partial charge on any atom is -0.382 e. The molecular weight excluding hydrogens is 237 g/mol. The SMILES string of the molecule is CC(CN1CCOCC1)NCC(O)C(F)(F)F. The van der Waals surface area contributed by atoms with Crippen molar-refractivity contribution in [2.75, 3.05) is 39.4 Å². The number of ether oxygens (including phenoxy) is 1. The van der Waals surface area contributed by atoms with Crippen molar-refractivity contribution in [3.63, 3.8) is 0 Å². The number of nitrogens with one attached hydrogen (secondary N) is 1. The summed E-state index contributed by atoms with van der Waals surface area (Å²) in [5.41, 5.74) is 0. The summed E-state index contributed by atoms with van der Waals surface area (Å²) < 4.78 is 41.3.